The van der Waals surface area contributed by atoms with E-state index in [1.54, 1.807) is 6.07 Å². The Kier molecular flexibility index (Phi) is 10.1. The standard InChI is InChI=1S/C34H43NO2S/c36-29-17-20-33-31(25-29)34(32(26-37-33)27-13-7-6-8-14-27)28-15-18-30(19-16-28)38-24-12-5-3-1-2-4-9-21-35-22-10-11-23-35/h6-8,13-20,25,32,34,36H,1-5,9-12,21-24,26H2. The minimum absolute atomic E-state index is 0.155. The highest BCUT2D eigenvalue weighted by molar-refractivity contribution is 7.99. The van der Waals surface area contributed by atoms with Gasteiger partial charge in [-0.3, -0.25) is 0 Å². The summed E-state index contributed by atoms with van der Waals surface area (Å²) in [5.41, 5.74) is 3.63. The second-order valence-electron chi connectivity index (χ2n) is 11.0. The maximum atomic E-state index is 10.2. The summed E-state index contributed by atoms with van der Waals surface area (Å²) in [5, 5.41) is 10.2. The first-order valence-electron chi connectivity index (χ1n) is 14.7. The number of fused-ring (bicyclic) bond motifs is 1. The van der Waals surface area contributed by atoms with Gasteiger partial charge in [0.15, 0.2) is 0 Å². The van der Waals surface area contributed by atoms with Crippen molar-refractivity contribution in [2.75, 3.05) is 32.0 Å². The van der Waals surface area contributed by atoms with E-state index in [1.807, 2.05) is 23.9 Å². The highest BCUT2D eigenvalue weighted by Gasteiger charge is 2.33. The number of phenolic OH excluding ortho intramolecular Hbond substituents is 1. The Labute approximate surface area is 233 Å². The number of ether oxygens (including phenoxy) is 1. The Morgan fingerprint density at radius 2 is 1.47 bits per heavy atom. The highest BCUT2D eigenvalue weighted by atomic mass is 32.2. The quantitative estimate of drug-likeness (QED) is 0.177. The zero-order chi connectivity index (χ0) is 26.0. The maximum absolute atomic E-state index is 10.2. The van der Waals surface area contributed by atoms with E-state index in [9.17, 15) is 5.11 Å². The molecule has 1 N–H and O–H groups in total. The molecule has 0 aliphatic carbocycles. The molecule has 4 heteroatoms. The minimum atomic E-state index is 0.155. The molecule has 5 rings (SSSR count). The molecule has 202 valence electrons. The number of phenols is 1. The number of thioether (sulfide) groups is 1. The summed E-state index contributed by atoms with van der Waals surface area (Å²) in [6, 6.07) is 25.2. The largest absolute Gasteiger partial charge is 0.508 e. The first kappa shape index (κ1) is 27.1. The van der Waals surface area contributed by atoms with Gasteiger partial charge in [-0.1, -0.05) is 74.6 Å². The van der Waals surface area contributed by atoms with Crippen molar-refractivity contribution in [3.63, 3.8) is 0 Å². The van der Waals surface area contributed by atoms with Crippen LogP contribution >= 0.6 is 11.8 Å². The molecule has 1 fully saturated rings. The Hall–Kier alpha value is -2.43. The van der Waals surface area contributed by atoms with Gasteiger partial charge >= 0.3 is 0 Å². The number of likely N-dealkylation sites (tertiary alicyclic amines) is 1. The van der Waals surface area contributed by atoms with Crippen molar-refractivity contribution in [2.45, 2.75) is 74.5 Å². The van der Waals surface area contributed by atoms with Crippen LogP contribution in [0.5, 0.6) is 11.5 Å². The lowest BCUT2D eigenvalue weighted by atomic mass is 9.76. The summed E-state index contributed by atoms with van der Waals surface area (Å²) in [4.78, 5) is 3.98. The van der Waals surface area contributed by atoms with Gasteiger partial charge in [-0.25, -0.2) is 0 Å². The molecular weight excluding hydrogens is 486 g/mol. The van der Waals surface area contributed by atoms with Crippen LogP contribution in [0.1, 0.15) is 86.3 Å². The monoisotopic (exact) mass is 529 g/mol. The maximum Gasteiger partial charge on any atom is 0.123 e. The smallest absolute Gasteiger partial charge is 0.123 e. The van der Waals surface area contributed by atoms with E-state index in [-0.39, 0.29) is 11.8 Å². The molecule has 38 heavy (non-hydrogen) atoms. The van der Waals surface area contributed by atoms with Crippen molar-refractivity contribution < 1.29 is 9.84 Å². The summed E-state index contributed by atoms with van der Waals surface area (Å²) >= 11 is 1.98. The van der Waals surface area contributed by atoms with E-state index in [4.69, 9.17) is 4.74 Å². The molecule has 0 saturated carbocycles. The average Bonchev–Trinajstić information content (AvgIpc) is 3.48. The fourth-order valence-electron chi connectivity index (χ4n) is 6.09. The van der Waals surface area contributed by atoms with E-state index >= 15 is 0 Å². The summed E-state index contributed by atoms with van der Waals surface area (Å²) < 4.78 is 6.14. The second kappa shape index (κ2) is 14.1. The number of benzene rings is 3. The topological polar surface area (TPSA) is 32.7 Å². The van der Waals surface area contributed by atoms with Gasteiger partial charge in [0.25, 0.3) is 0 Å². The number of hydrogen-bond donors (Lipinski definition) is 1. The van der Waals surface area contributed by atoms with E-state index in [1.165, 1.54) is 99.2 Å². The molecule has 0 spiro atoms. The fourth-order valence-corrected chi connectivity index (χ4v) is 7.01. The SMILES string of the molecule is Oc1ccc2c(c1)C(c1ccc(SCCCCCCCCCN3CCCC3)cc1)C(c1ccccc1)CO2. The normalized spacial score (nSPS) is 19.3. The molecule has 2 heterocycles. The van der Waals surface area contributed by atoms with E-state index < -0.39 is 0 Å². The third-order valence-corrected chi connectivity index (χ3v) is 9.30. The summed E-state index contributed by atoms with van der Waals surface area (Å²) in [5.74, 6) is 2.73. The van der Waals surface area contributed by atoms with Gasteiger partial charge in [-0.05, 0) is 92.5 Å². The molecule has 3 nitrogen and oxygen atoms in total. The molecule has 1 saturated heterocycles. The molecule has 2 aliphatic rings. The molecule has 0 radical (unpaired) electrons. The minimum Gasteiger partial charge on any atom is -0.508 e. The number of hydrogen-bond acceptors (Lipinski definition) is 4. The zero-order valence-corrected chi connectivity index (χ0v) is 23.5. The molecule has 2 unspecified atom stereocenters. The van der Waals surface area contributed by atoms with Gasteiger partial charge in [-0.15, -0.1) is 11.8 Å². The van der Waals surface area contributed by atoms with Crippen molar-refractivity contribution in [3.8, 4) is 11.5 Å². The predicted octanol–water partition coefficient (Wildman–Crippen LogP) is 8.62. The van der Waals surface area contributed by atoms with Crippen LogP contribution in [-0.4, -0.2) is 42.0 Å². The molecule has 0 bridgehead atoms. The third kappa shape index (κ3) is 7.36. The van der Waals surface area contributed by atoms with Crippen LogP contribution < -0.4 is 4.74 Å². The van der Waals surface area contributed by atoms with Crippen LogP contribution in [0.4, 0.5) is 0 Å². The van der Waals surface area contributed by atoms with E-state index in [0.29, 0.717) is 12.4 Å². The summed E-state index contributed by atoms with van der Waals surface area (Å²) in [6.45, 7) is 4.64. The molecule has 2 atom stereocenters. The Morgan fingerprint density at radius 1 is 0.763 bits per heavy atom. The third-order valence-electron chi connectivity index (χ3n) is 8.20. The van der Waals surface area contributed by atoms with Crippen LogP contribution in [0.2, 0.25) is 0 Å². The van der Waals surface area contributed by atoms with Crippen LogP contribution in [-0.2, 0) is 0 Å². The van der Waals surface area contributed by atoms with E-state index in [0.717, 1.165) is 11.3 Å². The first-order chi connectivity index (χ1) is 18.8. The average molecular weight is 530 g/mol. The van der Waals surface area contributed by atoms with Crippen molar-refractivity contribution in [1.29, 1.82) is 0 Å². The van der Waals surface area contributed by atoms with E-state index in [2.05, 4.69) is 59.5 Å². The summed E-state index contributed by atoms with van der Waals surface area (Å²) in [6.07, 6.45) is 12.4. The Morgan fingerprint density at radius 3 is 2.24 bits per heavy atom. The molecule has 0 aromatic heterocycles. The van der Waals surface area contributed by atoms with Crippen LogP contribution in [0, 0.1) is 0 Å². The lowest BCUT2D eigenvalue weighted by molar-refractivity contribution is 0.248. The first-order valence-corrected chi connectivity index (χ1v) is 15.7. The molecule has 2 aliphatic heterocycles. The predicted molar refractivity (Wildman–Crippen MR) is 160 cm³/mol. The van der Waals surface area contributed by atoms with Gasteiger partial charge in [-0.2, -0.15) is 0 Å². The van der Waals surface area contributed by atoms with Crippen LogP contribution in [0.15, 0.2) is 77.7 Å². The number of rotatable bonds is 13. The lowest BCUT2D eigenvalue weighted by Crippen LogP contribution is -2.25. The summed E-state index contributed by atoms with van der Waals surface area (Å²) in [7, 11) is 0. The van der Waals surface area contributed by atoms with Crippen LogP contribution in [0.3, 0.4) is 0 Å². The highest BCUT2D eigenvalue weighted by Crippen LogP contribution is 2.47. The van der Waals surface area contributed by atoms with Crippen molar-refractivity contribution in [3.05, 3.63) is 89.5 Å². The molecule has 3 aromatic carbocycles. The van der Waals surface area contributed by atoms with Gasteiger partial charge < -0.3 is 14.7 Å². The van der Waals surface area contributed by atoms with Crippen LogP contribution in [0.25, 0.3) is 0 Å². The Balaban J connectivity index is 1.09. The van der Waals surface area contributed by atoms with Gasteiger partial charge in [0.05, 0.1) is 6.61 Å². The van der Waals surface area contributed by atoms with Crippen molar-refractivity contribution >= 4 is 11.8 Å². The van der Waals surface area contributed by atoms with Gasteiger partial charge in [0.2, 0.25) is 0 Å². The van der Waals surface area contributed by atoms with Crippen molar-refractivity contribution in [1.82, 2.24) is 4.90 Å². The fraction of sp³-hybridized carbons (Fsp3) is 0.471. The Bertz CT molecular complexity index is 1110. The molecule has 3 aromatic rings. The van der Waals surface area contributed by atoms with Gasteiger partial charge in [0, 0.05) is 22.3 Å². The zero-order valence-electron chi connectivity index (χ0n) is 22.7. The lowest BCUT2D eigenvalue weighted by Gasteiger charge is -2.34. The second-order valence-corrected chi connectivity index (χ2v) is 12.1. The number of nitrogens with zero attached hydrogens (tertiary/aromatic N) is 1. The van der Waals surface area contributed by atoms with Gasteiger partial charge in [0.1, 0.15) is 11.5 Å². The number of unbranched alkanes of at least 4 members (excludes halogenated alkanes) is 6. The molecule has 0 amide bonds. The van der Waals surface area contributed by atoms with Crippen molar-refractivity contribution in [2.24, 2.45) is 0 Å². The molecular formula is C34H43NO2S. The number of aromatic hydroxyl groups is 1.